The lowest BCUT2D eigenvalue weighted by atomic mass is 10.2. The van der Waals surface area contributed by atoms with Gasteiger partial charge in [0.1, 0.15) is 10.4 Å². The fraction of sp³-hybridized carbons (Fsp3) is 0. The van der Waals surface area contributed by atoms with Crippen LogP contribution in [0.25, 0.3) is 16.9 Å². The molecule has 0 unspecified atom stereocenters. The van der Waals surface area contributed by atoms with Gasteiger partial charge in [-0.1, -0.05) is 11.6 Å². The van der Waals surface area contributed by atoms with Gasteiger partial charge in [0.2, 0.25) is 0 Å². The predicted octanol–water partition coefficient (Wildman–Crippen LogP) is 4.70. The zero-order chi connectivity index (χ0) is 13.6. The number of halogens is 4. The lowest BCUT2D eigenvalue weighted by Crippen LogP contribution is -1.91. The van der Waals surface area contributed by atoms with Gasteiger partial charge in [-0.2, -0.15) is 0 Å². The molecule has 2 nitrogen and oxygen atoms in total. The molecule has 2 aromatic heterocycles. The molecule has 0 aliphatic carbocycles. The van der Waals surface area contributed by atoms with E-state index in [2.05, 4.69) is 20.9 Å². The second-order valence-electron chi connectivity index (χ2n) is 3.96. The molecule has 0 aliphatic rings. The molecule has 0 saturated heterocycles. The van der Waals surface area contributed by atoms with E-state index in [0.29, 0.717) is 21.0 Å². The number of fused-ring (bicyclic) bond motifs is 1. The lowest BCUT2D eigenvalue weighted by Gasteiger charge is -2.02. The van der Waals surface area contributed by atoms with E-state index in [4.69, 9.17) is 11.6 Å². The van der Waals surface area contributed by atoms with Gasteiger partial charge in [0, 0.05) is 11.8 Å². The van der Waals surface area contributed by atoms with E-state index in [1.165, 1.54) is 6.07 Å². The predicted molar refractivity (Wildman–Crippen MR) is 73.3 cm³/mol. The molecule has 6 heteroatoms. The largest absolute Gasteiger partial charge is 0.297 e. The first-order valence-electron chi connectivity index (χ1n) is 5.35. The Morgan fingerprint density at radius 3 is 2.63 bits per heavy atom. The van der Waals surface area contributed by atoms with Crippen molar-refractivity contribution >= 4 is 33.0 Å². The van der Waals surface area contributed by atoms with E-state index >= 15 is 0 Å². The summed E-state index contributed by atoms with van der Waals surface area (Å²) in [7, 11) is 0. The molecule has 0 radical (unpaired) electrons. The maximum Gasteiger partial charge on any atom is 0.159 e. The van der Waals surface area contributed by atoms with E-state index in [9.17, 15) is 8.78 Å². The standard InChI is InChI=1S/C13H6BrClF2N2/c14-12-11-4-2-8(15)6-19(11)13(18-12)7-1-3-9(16)10(17)5-7/h1-6H. The monoisotopic (exact) mass is 342 g/mol. The van der Waals surface area contributed by atoms with Gasteiger partial charge < -0.3 is 0 Å². The Morgan fingerprint density at radius 2 is 1.89 bits per heavy atom. The summed E-state index contributed by atoms with van der Waals surface area (Å²) in [4.78, 5) is 4.30. The molecule has 0 saturated carbocycles. The zero-order valence-corrected chi connectivity index (χ0v) is 11.7. The third-order valence-corrected chi connectivity index (χ3v) is 3.54. The average Bonchev–Trinajstić information content (AvgIpc) is 2.70. The highest BCUT2D eigenvalue weighted by Crippen LogP contribution is 2.28. The third-order valence-electron chi connectivity index (χ3n) is 2.73. The van der Waals surface area contributed by atoms with Crippen molar-refractivity contribution < 1.29 is 8.78 Å². The normalized spacial score (nSPS) is 11.2. The molecule has 0 atom stereocenters. The minimum Gasteiger partial charge on any atom is -0.297 e. The molecule has 0 amide bonds. The second kappa shape index (κ2) is 4.58. The van der Waals surface area contributed by atoms with Crippen LogP contribution >= 0.6 is 27.5 Å². The van der Waals surface area contributed by atoms with Crippen molar-refractivity contribution in [3.05, 3.63) is 57.8 Å². The van der Waals surface area contributed by atoms with Crippen LogP contribution in [0.3, 0.4) is 0 Å². The van der Waals surface area contributed by atoms with Gasteiger partial charge in [0.25, 0.3) is 0 Å². The van der Waals surface area contributed by atoms with Crippen molar-refractivity contribution in [2.24, 2.45) is 0 Å². The first kappa shape index (κ1) is 12.6. The Labute approximate surface area is 120 Å². The number of pyridine rings is 1. The summed E-state index contributed by atoms with van der Waals surface area (Å²) in [5, 5.41) is 0.529. The summed E-state index contributed by atoms with van der Waals surface area (Å²) in [6.07, 6.45) is 1.67. The summed E-state index contributed by atoms with van der Waals surface area (Å²) < 4.78 is 28.6. The van der Waals surface area contributed by atoms with Crippen LogP contribution in [0.1, 0.15) is 0 Å². The highest BCUT2D eigenvalue weighted by atomic mass is 79.9. The molecule has 3 aromatic rings. The number of hydrogen-bond donors (Lipinski definition) is 0. The number of imidazole rings is 1. The molecule has 19 heavy (non-hydrogen) atoms. The third kappa shape index (κ3) is 2.13. The molecule has 0 spiro atoms. The van der Waals surface area contributed by atoms with Crippen molar-refractivity contribution in [1.82, 2.24) is 9.38 Å². The Balaban J connectivity index is 2.29. The molecule has 3 rings (SSSR count). The quantitative estimate of drug-likeness (QED) is 0.626. The van der Waals surface area contributed by atoms with Crippen LogP contribution in [0.2, 0.25) is 5.02 Å². The molecule has 96 valence electrons. The van der Waals surface area contributed by atoms with Crippen molar-refractivity contribution in [1.29, 1.82) is 0 Å². The van der Waals surface area contributed by atoms with Crippen molar-refractivity contribution in [2.45, 2.75) is 0 Å². The lowest BCUT2D eigenvalue weighted by molar-refractivity contribution is 0.509. The van der Waals surface area contributed by atoms with Crippen LogP contribution in [0, 0.1) is 11.6 Å². The molecule has 1 aromatic carbocycles. The van der Waals surface area contributed by atoms with Crippen molar-refractivity contribution in [3.8, 4) is 11.4 Å². The minimum absolute atomic E-state index is 0.474. The molecular formula is C13H6BrClF2N2. The zero-order valence-electron chi connectivity index (χ0n) is 9.37. The number of aromatic nitrogens is 2. The van der Waals surface area contributed by atoms with Crippen molar-refractivity contribution in [3.63, 3.8) is 0 Å². The van der Waals surface area contributed by atoms with Gasteiger partial charge in [0.15, 0.2) is 11.6 Å². The summed E-state index contributed by atoms with van der Waals surface area (Å²) >= 11 is 9.28. The number of hydrogen-bond acceptors (Lipinski definition) is 1. The highest BCUT2D eigenvalue weighted by molar-refractivity contribution is 9.10. The fourth-order valence-corrected chi connectivity index (χ4v) is 2.51. The maximum atomic E-state index is 13.3. The van der Waals surface area contributed by atoms with Gasteiger partial charge in [0.05, 0.1) is 10.5 Å². The van der Waals surface area contributed by atoms with Gasteiger partial charge in [-0.05, 0) is 46.3 Å². The van der Waals surface area contributed by atoms with Gasteiger partial charge in [-0.25, -0.2) is 13.8 Å². The number of benzene rings is 1. The minimum atomic E-state index is -0.910. The molecule has 0 fully saturated rings. The smallest absolute Gasteiger partial charge is 0.159 e. The Kier molecular flexibility index (Phi) is 3.03. The second-order valence-corrected chi connectivity index (χ2v) is 5.15. The summed E-state index contributed by atoms with van der Waals surface area (Å²) in [6.45, 7) is 0. The van der Waals surface area contributed by atoms with E-state index in [0.717, 1.165) is 17.6 Å². The van der Waals surface area contributed by atoms with E-state index in [-0.39, 0.29) is 0 Å². The van der Waals surface area contributed by atoms with Gasteiger partial charge >= 0.3 is 0 Å². The van der Waals surface area contributed by atoms with Crippen LogP contribution in [0.15, 0.2) is 41.1 Å². The highest BCUT2D eigenvalue weighted by Gasteiger charge is 2.13. The van der Waals surface area contributed by atoms with Crippen LogP contribution < -0.4 is 0 Å². The van der Waals surface area contributed by atoms with Crippen LogP contribution in [0.4, 0.5) is 8.78 Å². The van der Waals surface area contributed by atoms with Gasteiger partial charge in [-0.3, -0.25) is 4.40 Å². The maximum absolute atomic E-state index is 13.3. The van der Waals surface area contributed by atoms with E-state index in [1.807, 2.05) is 0 Å². The Morgan fingerprint density at radius 1 is 1.11 bits per heavy atom. The summed E-state index contributed by atoms with van der Waals surface area (Å²) in [6, 6.07) is 7.18. The fourth-order valence-electron chi connectivity index (χ4n) is 1.86. The van der Waals surface area contributed by atoms with Gasteiger partial charge in [-0.15, -0.1) is 0 Å². The molecule has 2 heterocycles. The molecule has 0 bridgehead atoms. The SMILES string of the molecule is Fc1ccc(-c2nc(Br)c3ccc(Cl)cn23)cc1F. The Bertz CT molecular complexity index is 786. The summed E-state index contributed by atoms with van der Waals surface area (Å²) in [5.41, 5.74) is 1.27. The van der Waals surface area contributed by atoms with E-state index in [1.54, 1.807) is 22.7 Å². The molecular weight excluding hydrogens is 338 g/mol. The average molecular weight is 344 g/mol. The number of rotatable bonds is 1. The molecule has 0 aliphatic heterocycles. The van der Waals surface area contributed by atoms with Crippen LogP contribution in [-0.4, -0.2) is 9.38 Å². The number of nitrogens with zero attached hydrogens (tertiary/aromatic N) is 2. The molecule has 0 N–H and O–H groups in total. The van der Waals surface area contributed by atoms with Crippen LogP contribution in [0.5, 0.6) is 0 Å². The first-order chi connectivity index (χ1) is 9.06. The topological polar surface area (TPSA) is 17.3 Å². The first-order valence-corrected chi connectivity index (χ1v) is 6.52. The summed E-state index contributed by atoms with van der Waals surface area (Å²) in [5.74, 6) is -1.31. The van der Waals surface area contributed by atoms with Crippen molar-refractivity contribution in [2.75, 3.05) is 0 Å². The van der Waals surface area contributed by atoms with Crippen LogP contribution in [-0.2, 0) is 0 Å². The Hall–Kier alpha value is -1.46. The van der Waals surface area contributed by atoms with E-state index < -0.39 is 11.6 Å².